The van der Waals surface area contributed by atoms with Gasteiger partial charge >= 0.3 is 6.61 Å². The Bertz CT molecular complexity index is 994. The molecule has 0 spiro atoms. The Hall–Kier alpha value is -3.23. The number of amides is 1. The number of benzene rings is 3. The topological polar surface area (TPSA) is 55.6 Å². The Balaban J connectivity index is 1.97. The molecule has 33 heavy (non-hydrogen) atoms. The molecule has 3 aromatic rings. The van der Waals surface area contributed by atoms with Crippen LogP contribution in [0.25, 0.3) is 0 Å². The summed E-state index contributed by atoms with van der Waals surface area (Å²) >= 11 is 0. The lowest BCUT2D eigenvalue weighted by atomic mass is 9.98. The summed E-state index contributed by atoms with van der Waals surface area (Å²) in [7, 11) is 0. The normalized spacial score (nSPS) is 13.3. The van der Waals surface area contributed by atoms with Gasteiger partial charge in [0.2, 0.25) is 5.91 Å². The van der Waals surface area contributed by atoms with Crippen LogP contribution in [-0.2, 0) is 29.0 Å². The van der Waals surface area contributed by atoms with E-state index in [4.69, 9.17) is 10.5 Å². The third-order valence-corrected chi connectivity index (χ3v) is 5.19. The second-order valence-corrected chi connectivity index (χ2v) is 7.61. The first-order chi connectivity index (χ1) is 15.8. The number of nitrogens with zero attached hydrogens (tertiary/aromatic N) is 1. The molecule has 0 radical (unpaired) electrons. The molecule has 8 heteroatoms. The average molecular weight is 460 g/mol. The van der Waals surface area contributed by atoms with Gasteiger partial charge in [-0.2, -0.15) is 8.78 Å². The summed E-state index contributed by atoms with van der Waals surface area (Å²) in [6, 6.07) is 20.1. The molecule has 0 aromatic heterocycles. The minimum Gasteiger partial charge on any atom is -0.368 e. The van der Waals surface area contributed by atoms with E-state index < -0.39 is 36.3 Å². The third kappa shape index (κ3) is 7.13. The standard InChI is InChI=1S/C25H24F4N2O2/c26-20-12-11-19(13-21(20)27)14-22(33-25(28)29)23(24(30)32)31(15-17-7-3-1-4-8-17)16-18-9-5-2-6-10-18/h1-13,22-23,25H,14-16H2,(H2,30,32). The molecule has 0 heterocycles. The van der Waals surface area contributed by atoms with Gasteiger partial charge in [-0.3, -0.25) is 9.69 Å². The molecule has 0 fully saturated rings. The number of ether oxygens (including phenoxy) is 1. The van der Waals surface area contributed by atoms with Gasteiger partial charge in [0.25, 0.3) is 0 Å². The van der Waals surface area contributed by atoms with Crippen molar-refractivity contribution in [3.63, 3.8) is 0 Å². The Morgan fingerprint density at radius 2 is 1.36 bits per heavy atom. The third-order valence-electron chi connectivity index (χ3n) is 5.19. The van der Waals surface area contributed by atoms with E-state index in [2.05, 4.69) is 0 Å². The number of halogens is 4. The SMILES string of the molecule is NC(=O)C(C(Cc1ccc(F)c(F)c1)OC(F)F)N(Cc1ccccc1)Cc1ccccc1. The Morgan fingerprint density at radius 3 is 1.82 bits per heavy atom. The van der Waals surface area contributed by atoms with Crippen LogP contribution >= 0.6 is 0 Å². The molecule has 0 aliphatic rings. The first-order valence-electron chi connectivity index (χ1n) is 10.3. The maximum Gasteiger partial charge on any atom is 0.345 e. The number of nitrogens with two attached hydrogens (primary N) is 1. The molecular formula is C25H24F4N2O2. The summed E-state index contributed by atoms with van der Waals surface area (Å²) in [4.78, 5) is 14.2. The van der Waals surface area contributed by atoms with Gasteiger partial charge in [-0.15, -0.1) is 0 Å². The van der Waals surface area contributed by atoms with Crippen molar-refractivity contribution in [2.45, 2.75) is 38.3 Å². The van der Waals surface area contributed by atoms with Crippen molar-refractivity contribution in [3.05, 3.63) is 107 Å². The quantitative estimate of drug-likeness (QED) is 0.423. The largest absolute Gasteiger partial charge is 0.368 e. The van der Waals surface area contributed by atoms with Gasteiger partial charge in [0.05, 0.1) is 6.10 Å². The van der Waals surface area contributed by atoms with Crippen molar-refractivity contribution < 1.29 is 27.1 Å². The van der Waals surface area contributed by atoms with E-state index in [9.17, 15) is 22.4 Å². The second kappa shape index (κ2) is 11.6. The highest BCUT2D eigenvalue weighted by Crippen LogP contribution is 2.22. The fourth-order valence-corrected chi connectivity index (χ4v) is 3.75. The number of carbonyl (C=O) groups excluding carboxylic acids is 1. The molecule has 0 aliphatic carbocycles. The van der Waals surface area contributed by atoms with Crippen molar-refractivity contribution in [1.82, 2.24) is 4.90 Å². The van der Waals surface area contributed by atoms with Gasteiger partial charge < -0.3 is 10.5 Å². The van der Waals surface area contributed by atoms with Gasteiger partial charge in [0.1, 0.15) is 6.04 Å². The molecule has 0 saturated heterocycles. The predicted octanol–water partition coefficient (Wildman–Crippen LogP) is 4.67. The van der Waals surface area contributed by atoms with Crippen LogP contribution < -0.4 is 5.73 Å². The molecule has 0 saturated carbocycles. The Kier molecular flexibility index (Phi) is 8.57. The first-order valence-corrected chi connectivity index (χ1v) is 10.3. The van der Waals surface area contributed by atoms with Crippen LogP contribution in [-0.4, -0.2) is 29.6 Å². The minimum atomic E-state index is -3.20. The van der Waals surface area contributed by atoms with E-state index in [-0.39, 0.29) is 25.1 Å². The number of hydrogen-bond acceptors (Lipinski definition) is 3. The van der Waals surface area contributed by atoms with Gasteiger partial charge in [0, 0.05) is 19.5 Å². The highest BCUT2D eigenvalue weighted by Gasteiger charge is 2.35. The molecular weight excluding hydrogens is 436 g/mol. The molecule has 2 N–H and O–H groups in total. The maximum absolute atomic E-state index is 13.7. The Morgan fingerprint density at radius 1 is 0.818 bits per heavy atom. The molecule has 2 atom stereocenters. The van der Waals surface area contributed by atoms with Crippen LogP contribution in [0.3, 0.4) is 0 Å². The van der Waals surface area contributed by atoms with E-state index in [1.807, 2.05) is 60.7 Å². The summed E-state index contributed by atoms with van der Waals surface area (Å²) in [5, 5.41) is 0. The molecule has 3 aromatic carbocycles. The lowest BCUT2D eigenvalue weighted by molar-refractivity contribution is -0.182. The molecule has 3 rings (SSSR count). The number of rotatable bonds is 11. The molecule has 0 aliphatic heterocycles. The van der Waals surface area contributed by atoms with Gasteiger partial charge in [-0.25, -0.2) is 8.78 Å². The van der Waals surface area contributed by atoms with Crippen LogP contribution in [0.5, 0.6) is 0 Å². The highest BCUT2D eigenvalue weighted by atomic mass is 19.3. The highest BCUT2D eigenvalue weighted by molar-refractivity contribution is 5.80. The predicted molar refractivity (Wildman–Crippen MR) is 116 cm³/mol. The molecule has 174 valence electrons. The zero-order valence-corrected chi connectivity index (χ0v) is 17.7. The van der Waals surface area contributed by atoms with Crippen LogP contribution in [0.2, 0.25) is 0 Å². The van der Waals surface area contributed by atoms with Crippen LogP contribution in [0, 0.1) is 11.6 Å². The lowest BCUT2D eigenvalue weighted by Crippen LogP contribution is -2.53. The van der Waals surface area contributed by atoms with Crippen molar-refractivity contribution in [3.8, 4) is 0 Å². The number of primary amides is 1. The second-order valence-electron chi connectivity index (χ2n) is 7.61. The van der Waals surface area contributed by atoms with Crippen LogP contribution in [0.4, 0.5) is 17.6 Å². The van der Waals surface area contributed by atoms with E-state index in [0.29, 0.717) is 0 Å². The van der Waals surface area contributed by atoms with Crippen molar-refractivity contribution in [2.75, 3.05) is 0 Å². The van der Waals surface area contributed by atoms with Crippen LogP contribution in [0.15, 0.2) is 78.9 Å². The summed E-state index contributed by atoms with van der Waals surface area (Å²) in [5.41, 5.74) is 7.56. The van der Waals surface area contributed by atoms with Crippen molar-refractivity contribution in [1.29, 1.82) is 0 Å². The molecule has 2 unspecified atom stereocenters. The summed E-state index contributed by atoms with van der Waals surface area (Å²) in [6.45, 7) is -2.74. The molecule has 1 amide bonds. The zero-order chi connectivity index (χ0) is 23.8. The fraction of sp³-hybridized carbons (Fsp3) is 0.240. The van der Waals surface area contributed by atoms with Gasteiger partial charge in [-0.05, 0) is 28.8 Å². The summed E-state index contributed by atoms with van der Waals surface area (Å²) in [5.74, 6) is -3.05. The zero-order valence-electron chi connectivity index (χ0n) is 17.7. The van der Waals surface area contributed by atoms with Gasteiger partial charge in [-0.1, -0.05) is 66.7 Å². The monoisotopic (exact) mass is 460 g/mol. The smallest absolute Gasteiger partial charge is 0.345 e. The van der Waals surface area contributed by atoms with Crippen molar-refractivity contribution in [2.24, 2.45) is 5.73 Å². The summed E-state index contributed by atoms with van der Waals surface area (Å²) < 4.78 is 58.6. The lowest BCUT2D eigenvalue weighted by Gasteiger charge is -2.35. The number of alkyl halides is 2. The average Bonchev–Trinajstić information content (AvgIpc) is 2.77. The van der Waals surface area contributed by atoms with E-state index in [1.54, 1.807) is 4.90 Å². The number of carbonyl (C=O) groups is 1. The van der Waals surface area contributed by atoms with Crippen molar-refractivity contribution >= 4 is 5.91 Å². The van der Waals surface area contributed by atoms with Crippen LogP contribution in [0.1, 0.15) is 16.7 Å². The first kappa shape index (κ1) is 24.4. The fourth-order valence-electron chi connectivity index (χ4n) is 3.75. The minimum absolute atomic E-state index is 0.199. The molecule has 4 nitrogen and oxygen atoms in total. The number of hydrogen-bond donors (Lipinski definition) is 1. The van der Waals surface area contributed by atoms with E-state index in [1.165, 1.54) is 6.07 Å². The molecule has 0 bridgehead atoms. The maximum atomic E-state index is 13.7. The van der Waals surface area contributed by atoms with E-state index in [0.717, 1.165) is 23.3 Å². The Labute approximate surface area is 189 Å². The summed E-state index contributed by atoms with van der Waals surface area (Å²) in [6.07, 6.45) is -1.67. The van der Waals surface area contributed by atoms with E-state index >= 15 is 0 Å². The van der Waals surface area contributed by atoms with Gasteiger partial charge in [0.15, 0.2) is 11.6 Å².